The van der Waals surface area contributed by atoms with Gasteiger partial charge in [0.1, 0.15) is 45.3 Å². The van der Waals surface area contributed by atoms with Crippen molar-refractivity contribution in [3.63, 3.8) is 0 Å². The molecule has 534 valence electrons. The molecular formula is C104H59N7O4. The smallest absolute Gasteiger partial charge is 0.167 e. The SMILES string of the molecule is c1ccc(-c2nc(-c3ccc(-n4c5ccccc5c5cc(-c6cccc7oc8c(-c9nc(-c%10cccc%11c%10-c%10ccccc%10C%11%10c%11ccccc%11Oc%11ccccc%11%10)nc(-c%10cccc%11c%10oc%10ccccc%10%11)n9)cccc8c67)ccc54)cc3)nc(-c3cccc4c3-c3ccccc3C43c4ccccc4Oc4ccccc43)n2)cc1. The Morgan fingerprint density at radius 1 is 0.226 bits per heavy atom. The molecule has 2 spiro atoms. The molecule has 5 aromatic heterocycles. The maximum atomic E-state index is 7.21. The van der Waals surface area contributed by atoms with Gasteiger partial charge in [-0.1, -0.05) is 267 Å². The molecular weight excluding hydrogens is 1410 g/mol. The highest BCUT2D eigenvalue weighted by Crippen LogP contribution is 2.66. The molecule has 115 heavy (non-hydrogen) atoms. The number of furan rings is 2. The first-order chi connectivity index (χ1) is 57.0. The molecule has 2 aliphatic heterocycles. The Labute approximate surface area is 658 Å². The van der Waals surface area contributed by atoms with Gasteiger partial charge in [-0.3, -0.25) is 0 Å². The van der Waals surface area contributed by atoms with E-state index in [1.54, 1.807) is 0 Å². The van der Waals surface area contributed by atoms with Crippen LogP contribution in [0.25, 0.3) is 173 Å². The summed E-state index contributed by atoms with van der Waals surface area (Å²) in [5, 5.41) is 6.14. The van der Waals surface area contributed by atoms with Gasteiger partial charge in [0.05, 0.1) is 33.0 Å². The zero-order chi connectivity index (χ0) is 75.2. The number of aromatic nitrogens is 7. The summed E-state index contributed by atoms with van der Waals surface area (Å²) in [5.41, 5.74) is 25.1. The average Bonchev–Trinajstić information content (AvgIpc) is 1.54. The predicted molar refractivity (Wildman–Crippen MR) is 455 cm³/mol. The minimum atomic E-state index is -0.711. The molecule has 25 rings (SSSR count). The van der Waals surface area contributed by atoms with Crippen LogP contribution in [0.1, 0.15) is 44.5 Å². The quantitative estimate of drug-likeness (QED) is 0.145. The summed E-state index contributed by atoms with van der Waals surface area (Å²) in [7, 11) is 0. The van der Waals surface area contributed by atoms with E-state index in [1.165, 1.54) is 5.56 Å². The zero-order valence-electron chi connectivity index (χ0n) is 61.3. The van der Waals surface area contributed by atoms with Gasteiger partial charge in [0.2, 0.25) is 0 Å². The minimum absolute atomic E-state index is 0.459. The van der Waals surface area contributed by atoms with Crippen molar-refractivity contribution >= 4 is 65.7 Å². The third kappa shape index (κ3) is 8.88. The van der Waals surface area contributed by atoms with Crippen molar-refractivity contribution in [3.05, 3.63) is 402 Å². The van der Waals surface area contributed by atoms with Gasteiger partial charge in [0.25, 0.3) is 0 Å². The first-order valence-electron chi connectivity index (χ1n) is 38.8. The molecule has 0 amide bonds. The molecule has 0 fully saturated rings. The number of para-hydroxylation sites is 8. The van der Waals surface area contributed by atoms with E-state index in [1.807, 2.05) is 66.7 Å². The molecule has 21 aromatic rings. The summed E-state index contributed by atoms with van der Waals surface area (Å²) in [4.78, 5) is 32.8. The lowest BCUT2D eigenvalue weighted by atomic mass is 9.66. The van der Waals surface area contributed by atoms with Gasteiger partial charge < -0.3 is 22.9 Å². The fourth-order valence-electron chi connectivity index (χ4n) is 19.6. The van der Waals surface area contributed by atoms with Crippen LogP contribution in [0.4, 0.5) is 0 Å². The van der Waals surface area contributed by atoms with Crippen LogP contribution < -0.4 is 9.47 Å². The number of rotatable bonds is 8. The molecule has 0 atom stereocenters. The molecule has 16 aromatic carbocycles. The number of nitrogens with zero attached hydrogens (tertiary/aromatic N) is 7. The van der Waals surface area contributed by atoms with Gasteiger partial charge in [-0.2, -0.15) is 0 Å². The summed E-state index contributed by atoms with van der Waals surface area (Å²) in [5.74, 6) is 6.51. The van der Waals surface area contributed by atoms with E-state index in [-0.39, 0.29) is 0 Å². The van der Waals surface area contributed by atoms with Crippen molar-refractivity contribution in [1.29, 1.82) is 0 Å². The third-order valence-corrected chi connectivity index (χ3v) is 24.3. The van der Waals surface area contributed by atoms with Gasteiger partial charge in [0.15, 0.2) is 34.9 Å². The number of hydrogen-bond acceptors (Lipinski definition) is 10. The topological polar surface area (TPSA) is 127 Å². The van der Waals surface area contributed by atoms with Gasteiger partial charge >= 0.3 is 0 Å². The number of ether oxygens (including phenoxy) is 2. The van der Waals surface area contributed by atoms with Crippen LogP contribution in [-0.2, 0) is 10.8 Å². The Balaban J connectivity index is 0.615. The first kappa shape index (κ1) is 63.3. The van der Waals surface area contributed by atoms with Gasteiger partial charge in [-0.25, -0.2) is 29.9 Å². The van der Waals surface area contributed by atoms with Crippen molar-refractivity contribution in [2.75, 3.05) is 0 Å². The van der Waals surface area contributed by atoms with Crippen molar-refractivity contribution in [2.24, 2.45) is 0 Å². The molecule has 0 unspecified atom stereocenters. The van der Waals surface area contributed by atoms with Gasteiger partial charge in [-0.05, 0) is 147 Å². The third-order valence-electron chi connectivity index (χ3n) is 24.3. The van der Waals surface area contributed by atoms with Gasteiger partial charge in [-0.15, -0.1) is 0 Å². The molecule has 11 nitrogen and oxygen atoms in total. The predicted octanol–water partition coefficient (Wildman–Crippen LogP) is 25.6. The van der Waals surface area contributed by atoms with Crippen LogP contribution >= 0.6 is 0 Å². The summed E-state index contributed by atoms with van der Waals surface area (Å²) in [6.45, 7) is 0. The van der Waals surface area contributed by atoms with E-state index < -0.39 is 10.8 Å². The highest BCUT2D eigenvalue weighted by atomic mass is 16.5. The van der Waals surface area contributed by atoms with Crippen molar-refractivity contribution in [1.82, 2.24) is 34.5 Å². The van der Waals surface area contributed by atoms with Crippen LogP contribution in [0.2, 0.25) is 0 Å². The molecule has 0 N–H and O–H groups in total. The maximum absolute atomic E-state index is 7.21. The molecule has 0 saturated carbocycles. The van der Waals surface area contributed by atoms with E-state index in [9.17, 15) is 0 Å². The van der Waals surface area contributed by atoms with Crippen molar-refractivity contribution in [2.45, 2.75) is 10.8 Å². The van der Waals surface area contributed by atoms with E-state index >= 15 is 0 Å². The van der Waals surface area contributed by atoms with E-state index in [0.29, 0.717) is 46.1 Å². The molecule has 7 heterocycles. The Morgan fingerprint density at radius 2 is 0.600 bits per heavy atom. The summed E-state index contributed by atoms with van der Waals surface area (Å²) in [6.07, 6.45) is 0. The van der Waals surface area contributed by atoms with Crippen molar-refractivity contribution < 1.29 is 18.3 Å². The summed E-state index contributed by atoms with van der Waals surface area (Å²) < 4.78 is 29.8. The summed E-state index contributed by atoms with van der Waals surface area (Å²) in [6, 6.07) is 126. The largest absolute Gasteiger partial charge is 0.457 e. The Morgan fingerprint density at radius 3 is 1.19 bits per heavy atom. The molecule has 0 bridgehead atoms. The minimum Gasteiger partial charge on any atom is -0.457 e. The van der Waals surface area contributed by atoms with Gasteiger partial charge in [0, 0.05) is 82.5 Å². The molecule has 4 aliphatic rings. The normalized spacial score (nSPS) is 13.5. The van der Waals surface area contributed by atoms with Crippen LogP contribution in [0, 0.1) is 0 Å². The second-order valence-electron chi connectivity index (χ2n) is 30.1. The maximum Gasteiger partial charge on any atom is 0.167 e. The second kappa shape index (κ2) is 24.0. The summed E-state index contributed by atoms with van der Waals surface area (Å²) >= 11 is 0. The van der Waals surface area contributed by atoms with E-state index in [4.69, 9.17) is 48.2 Å². The standard InChI is InChI=1S/C104H59N7O4/c1-2-25-60(26-3-1)97-105-98(107-99(106-97)71-34-22-44-82-92(71)68-29-4-8-38-76(68)103(82)78-40-10-16-48-87(78)112-88-49-17-11-41-79(88)103)61-53-56-63(57-54-61)111-84-46-14-6-27-65(84)75-59-62(55-58-85(75)111)64-31-24-52-91-94(64)70-33-21-37-74(96(70)115-91)102-109-100(108-101(110-102)73-36-20-32-67-66-28-7-15-47-86(66)114-95(67)73)72-35-23-45-83-93(72)69-30-5-9-39-77(69)104(83)80-42-12-18-50-89(80)113-90-51-19-13-43-81(90)104/h1-59H. The van der Waals surface area contributed by atoms with E-state index in [0.717, 1.165) is 189 Å². The molecule has 0 saturated heterocycles. The van der Waals surface area contributed by atoms with Crippen LogP contribution in [0.3, 0.4) is 0 Å². The van der Waals surface area contributed by atoms with Crippen molar-refractivity contribution in [3.8, 4) is 130 Å². The molecule has 2 aliphatic carbocycles. The number of hydrogen-bond donors (Lipinski definition) is 0. The first-order valence-corrected chi connectivity index (χ1v) is 38.8. The lowest BCUT2D eigenvalue weighted by Gasteiger charge is -2.39. The Kier molecular flexibility index (Phi) is 13.2. The van der Waals surface area contributed by atoms with E-state index in [2.05, 4.69) is 296 Å². The zero-order valence-corrected chi connectivity index (χ0v) is 61.3. The average molecular weight is 1470 g/mol. The fourth-order valence-corrected chi connectivity index (χ4v) is 19.6. The molecule has 11 heteroatoms. The fraction of sp³-hybridized carbons (Fsp3) is 0.0192. The second-order valence-corrected chi connectivity index (χ2v) is 30.1. The number of benzene rings is 16. The highest BCUT2D eigenvalue weighted by Gasteiger charge is 2.54. The lowest BCUT2D eigenvalue weighted by molar-refractivity contribution is 0.436. The highest BCUT2D eigenvalue weighted by molar-refractivity contribution is 6.17. The lowest BCUT2D eigenvalue weighted by Crippen LogP contribution is -2.32. The molecule has 0 radical (unpaired) electrons. The van der Waals surface area contributed by atoms with Crippen LogP contribution in [0.15, 0.2) is 367 Å². The number of fused-ring (bicyclic) bond motifs is 27. The Bertz CT molecular complexity index is 7680. The Hall–Kier alpha value is -15.5. The van der Waals surface area contributed by atoms with Crippen LogP contribution in [0.5, 0.6) is 23.0 Å². The monoisotopic (exact) mass is 1470 g/mol. The van der Waals surface area contributed by atoms with Crippen LogP contribution in [-0.4, -0.2) is 34.5 Å².